The van der Waals surface area contributed by atoms with Crippen molar-refractivity contribution in [3.8, 4) is 11.5 Å². The topological polar surface area (TPSA) is 60.0 Å². The summed E-state index contributed by atoms with van der Waals surface area (Å²) in [7, 11) is 3.23. The molecule has 0 radical (unpaired) electrons. The molecule has 0 unspecified atom stereocenters. The van der Waals surface area contributed by atoms with E-state index in [4.69, 9.17) is 14.2 Å². The van der Waals surface area contributed by atoms with Crippen molar-refractivity contribution in [3.63, 3.8) is 0 Å². The van der Waals surface area contributed by atoms with Gasteiger partial charge in [-0.2, -0.15) is 11.8 Å². The van der Waals surface area contributed by atoms with Gasteiger partial charge in [-0.3, -0.25) is 9.69 Å². The van der Waals surface area contributed by atoms with Crippen LogP contribution in [0.2, 0.25) is 0 Å². The molecule has 0 aliphatic carbocycles. The third kappa shape index (κ3) is 6.59. The summed E-state index contributed by atoms with van der Waals surface area (Å²) in [4.78, 5) is 15.0. The number of nitrogens with zero attached hydrogens (tertiary/aromatic N) is 1. The van der Waals surface area contributed by atoms with Gasteiger partial charge in [0.1, 0.15) is 17.6 Å². The van der Waals surface area contributed by atoms with Crippen LogP contribution in [-0.2, 0) is 4.74 Å². The fourth-order valence-electron chi connectivity index (χ4n) is 3.24. The molecule has 0 spiro atoms. The number of carbonyl (C=O) groups is 1. The molecule has 1 saturated heterocycles. The van der Waals surface area contributed by atoms with Crippen LogP contribution in [0.25, 0.3) is 0 Å². The lowest BCUT2D eigenvalue weighted by Crippen LogP contribution is -2.44. The van der Waals surface area contributed by atoms with Crippen LogP contribution >= 0.6 is 11.8 Å². The molecule has 1 N–H and O–H groups in total. The summed E-state index contributed by atoms with van der Waals surface area (Å²) in [6.07, 6.45) is 4.18. The van der Waals surface area contributed by atoms with E-state index in [1.54, 1.807) is 32.4 Å². The largest absolute Gasteiger partial charge is 0.497 e. The number of rotatable bonds is 10. The number of amides is 1. The van der Waals surface area contributed by atoms with Crippen LogP contribution in [0.3, 0.4) is 0 Å². The van der Waals surface area contributed by atoms with Crippen LogP contribution in [0, 0.1) is 0 Å². The van der Waals surface area contributed by atoms with Crippen LogP contribution in [0.5, 0.6) is 11.5 Å². The Bertz CT molecular complexity index is 591. The first-order valence-corrected chi connectivity index (χ1v) is 10.8. The number of nitrogens with one attached hydrogen (secondary N) is 1. The SMILES string of the molecule is COCCNC(=O)c1ccc(OC)cc1OC1CCN([C@H](C)CSC)CC1. The van der Waals surface area contributed by atoms with E-state index in [9.17, 15) is 4.79 Å². The summed E-state index contributed by atoms with van der Waals surface area (Å²) < 4.78 is 16.5. The van der Waals surface area contributed by atoms with Gasteiger partial charge in [0.05, 0.1) is 19.3 Å². The molecule has 0 saturated carbocycles. The van der Waals surface area contributed by atoms with E-state index in [2.05, 4.69) is 23.4 Å². The van der Waals surface area contributed by atoms with E-state index >= 15 is 0 Å². The molecule has 152 valence electrons. The highest BCUT2D eigenvalue weighted by Crippen LogP contribution is 2.28. The van der Waals surface area contributed by atoms with Crippen molar-refractivity contribution in [3.05, 3.63) is 23.8 Å². The molecule has 1 aromatic rings. The van der Waals surface area contributed by atoms with Crippen molar-refractivity contribution in [2.75, 3.05) is 52.5 Å². The molecule has 6 nitrogen and oxygen atoms in total. The number of ether oxygens (including phenoxy) is 3. The second-order valence-corrected chi connectivity index (χ2v) is 7.68. The summed E-state index contributed by atoms with van der Waals surface area (Å²) in [6, 6.07) is 5.92. The Morgan fingerprint density at radius 3 is 2.70 bits per heavy atom. The Kier molecular flexibility index (Phi) is 9.24. The van der Waals surface area contributed by atoms with Gasteiger partial charge in [0.2, 0.25) is 0 Å². The smallest absolute Gasteiger partial charge is 0.255 e. The van der Waals surface area contributed by atoms with Crippen LogP contribution in [0.4, 0.5) is 0 Å². The Labute approximate surface area is 166 Å². The monoisotopic (exact) mass is 396 g/mol. The third-order valence-corrected chi connectivity index (χ3v) is 5.64. The predicted molar refractivity (Wildman–Crippen MR) is 110 cm³/mol. The summed E-state index contributed by atoms with van der Waals surface area (Å²) in [5.41, 5.74) is 0.532. The second kappa shape index (κ2) is 11.4. The number of hydrogen-bond donors (Lipinski definition) is 1. The molecule has 0 aromatic heterocycles. The van der Waals surface area contributed by atoms with Crippen molar-refractivity contribution in [1.82, 2.24) is 10.2 Å². The molecular weight excluding hydrogens is 364 g/mol. The normalized spacial score (nSPS) is 16.7. The van der Waals surface area contributed by atoms with Gasteiger partial charge >= 0.3 is 0 Å². The van der Waals surface area contributed by atoms with Crippen molar-refractivity contribution >= 4 is 17.7 Å². The first-order valence-electron chi connectivity index (χ1n) is 9.43. The minimum Gasteiger partial charge on any atom is -0.497 e. The Hall–Kier alpha value is -1.44. The van der Waals surface area contributed by atoms with Gasteiger partial charge < -0.3 is 19.5 Å². The van der Waals surface area contributed by atoms with Gasteiger partial charge in [0, 0.05) is 44.6 Å². The standard InChI is InChI=1S/C20H32N2O4S/c1-15(14-27-4)22-10-7-16(8-11-22)26-19-13-17(25-3)5-6-18(19)20(23)21-9-12-24-2/h5-6,13,15-16H,7-12,14H2,1-4H3,(H,21,23)/t15-/m1/s1. The average molecular weight is 397 g/mol. The number of likely N-dealkylation sites (tertiary alicyclic amines) is 1. The quantitative estimate of drug-likeness (QED) is 0.614. The molecule has 7 heteroatoms. The Balaban J connectivity index is 2.01. The number of thioether (sulfide) groups is 1. The fourth-order valence-corrected chi connectivity index (χ4v) is 3.93. The molecule has 1 aromatic carbocycles. The number of methoxy groups -OCH3 is 2. The van der Waals surface area contributed by atoms with Gasteiger partial charge in [-0.05, 0) is 38.2 Å². The van der Waals surface area contributed by atoms with Gasteiger partial charge in [-0.15, -0.1) is 0 Å². The lowest BCUT2D eigenvalue weighted by Gasteiger charge is -2.36. The zero-order valence-electron chi connectivity index (χ0n) is 16.8. The molecule has 1 atom stereocenters. The molecule has 1 aliphatic rings. The highest BCUT2D eigenvalue weighted by molar-refractivity contribution is 7.98. The van der Waals surface area contributed by atoms with Crippen molar-refractivity contribution in [1.29, 1.82) is 0 Å². The second-order valence-electron chi connectivity index (χ2n) is 6.77. The highest BCUT2D eigenvalue weighted by atomic mass is 32.2. The summed E-state index contributed by atoms with van der Waals surface area (Å²) in [5, 5.41) is 2.86. The molecule has 0 bridgehead atoms. The Morgan fingerprint density at radius 1 is 1.33 bits per heavy atom. The molecule has 1 heterocycles. The summed E-state index contributed by atoms with van der Waals surface area (Å²) in [6.45, 7) is 5.26. The number of carbonyl (C=O) groups excluding carboxylic acids is 1. The first kappa shape index (κ1) is 21.9. The molecule has 27 heavy (non-hydrogen) atoms. The fraction of sp³-hybridized carbons (Fsp3) is 0.650. The van der Waals surface area contributed by atoms with E-state index < -0.39 is 0 Å². The maximum Gasteiger partial charge on any atom is 0.255 e. The van der Waals surface area contributed by atoms with E-state index in [-0.39, 0.29) is 12.0 Å². The molecule has 1 aliphatic heterocycles. The zero-order chi connectivity index (χ0) is 19.6. The van der Waals surface area contributed by atoms with Gasteiger partial charge in [-0.25, -0.2) is 0 Å². The molecule has 2 rings (SSSR count). The molecule has 1 fully saturated rings. The van der Waals surface area contributed by atoms with Crippen LogP contribution in [-0.4, -0.2) is 75.4 Å². The first-order chi connectivity index (χ1) is 13.1. The highest BCUT2D eigenvalue weighted by Gasteiger charge is 2.25. The van der Waals surface area contributed by atoms with Crippen molar-refractivity contribution in [2.45, 2.75) is 31.9 Å². The van der Waals surface area contributed by atoms with Gasteiger partial charge in [0.15, 0.2) is 0 Å². The molecule has 1 amide bonds. The lowest BCUT2D eigenvalue weighted by molar-refractivity contribution is 0.0818. The van der Waals surface area contributed by atoms with Crippen molar-refractivity contribution < 1.29 is 19.0 Å². The number of piperidine rings is 1. The maximum atomic E-state index is 12.5. The van der Waals surface area contributed by atoms with Gasteiger partial charge in [-0.1, -0.05) is 0 Å². The molecular formula is C20H32N2O4S. The lowest BCUT2D eigenvalue weighted by atomic mass is 10.1. The number of hydrogen-bond acceptors (Lipinski definition) is 6. The van der Waals surface area contributed by atoms with Crippen LogP contribution in [0.15, 0.2) is 18.2 Å². The van der Waals surface area contributed by atoms with Crippen molar-refractivity contribution in [2.24, 2.45) is 0 Å². The Morgan fingerprint density at radius 2 is 2.07 bits per heavy atom. The van der Waals surface area contributed by atoms with E-state index in [0.29, 0.717) is 36.3 Å². The minimum absolute atomic E-state index is 0.111. The van der Waals surface area contributed by atoms with E-state index in [0.717, 1.165) is 31.7 Å². The van der Waals surface area contributed by atoms with Crippen LogP contribution < -0.4 is 14.8 Å². The third-order valence-electron chi connectivity index (χ3n) is 4.83. The summed E-state index contributed by atoms with van der Waals surface area (Å²) in [5.74, 6) is 2.26. The van der Waals surface area contributed by atoms with E-state index in [1.165, 1.54) is 0 Å². The maximum absolute atomic E-state index is 12.5. The number of benzene rings is 1. The zero-order valence-corrected chi connectivity index (χ0v) is 17.6. The average Bonchev–Trinajstić information content (AvgIpc) is 2.68. The minimum atomic E-state index is -0.157. The summed E-state index contributed by atoms with van der Waals surface area (Å²) >= 11 is 1.88. The van der Waals surface area contributed by atoms with Crippen LogP contribution in [0.1, 0.15) is 30.1 Å². The predicted octanol–water partition coefficient (Wildman–Crippen LogP) is 2.67. The van der Waals surface area contributed by atoms with E-state index in [1.807, 2.05) is 11.8 Å². The van der Waals surface area contributed by atoms with Gasteiger partial charge in [0.25, 0.3) is 5.91 Å².